The molecule has 0 saturated heterocycles. The molecule has 0 radical (unpaired) electrons. The van der Waals surface area contributed by atoms with Crippen LogP contribution in [0.5, 0.6) is 11.5 Å². The van der Waals surface area contributed by atoms with Gasteiger partial charge in [-0.1, -0.05) is 13.8 Å². The fraction of sp³-hybridized carbons (Fsp3) is 0.455. The number of rotatable bonds is 2. The van der Waals surface area contributed by atoms with Crippen LogP contribution in [-0.4, -0.2) is 14.2 Å². The fourth-order valence-corrected chi connectivity index (χ4v) is 1.11. The first-order valence-corrected chi connectivity index (χ1v) is 4.57. The molecule has 1 aromatic carbocycles. The van der Waals surface area contributed by atoms with Gasteiger partial charge in [0.25, 0.3) is 0 Å². The maximum atomic E-state index is 12.8. The van der Waals surface area contributed by atoms with Crippen LogP contribution in [0.1, 0.15) is 19.4 Å². The number of halogens is 1. The molecule has 80 valence electrons. The van der Waals surface area contributed by atoms with Crippen LogP contribution in [0, 0.1) is 12.7 Å². The molecule has 0 amide bonds. The van der Waals surface area contributed by atoms with Crippen LogP contribution in [0.4, 0.5) is 4.39 Å². The highest BCUT2D eigenvalue weighted by atomic mass is 19.1. The number of hydrogen-bond donors (Lipinski definition) is 0. The summed E-state index contributed by atoms with van der Waals surface area (Å²) >= 11 is 0. The van der Waals surface area contributed by atoms with Crippen molar-refractivity contribution in [3.8, 4) is 11.5 Å². The van der Waals surface area contributed by atoms with E-state index >= 15 is 0 Å². The van der Waals surface area contributed by atoms with Gasteiger partial charge in [-0.05, 0) is 18.6 Å². The quantitative estimate of drug-likeness (QED) is 0.730. The third kappa shape index (κ3) is 2.91. The van der Waals surface area contributed by atoms with Gasteiger partial charge >= 0.3 is 0 Å². The highest BCUT2D eigenvalue weighted by molar-refractivity contribution is 5.46. The van der Waals surface area contributed by atoms with Crippen LogP contribution in [0.2, 0.25) is 0 Å². The second kappa shape index (κ2) is 6.24. The molecule has 3 heteroatoms. The lowest BCUT2D eigenvalue weighted by Crippen LogP contribution is -1.94. The number of aryl methyl sites for hydroxylation is 1. The van der Waals surface area contributed by atoms with Gasteiger partial charge in [-0.3, -0.25) is 0 Å². The first-order chi connectivity index (χ1) is 6.69. The molecule has 0 atom stereocenters. The minimum atomic E-state index is -0.315. The van der Waals surface area contributed by atoms with Gasteiger partial charge in [-0.25, -0.2) is 4.39 Å². The largest absolute Gasteiger partial charge is 0.493 e. The van der Waals surface area contributed by atoms with Crippen LogP contribution in [0.25, 0.3) is 0 Å². The van der Waals surface area contributed by atoms with Gasteiger partial charge in [0.1, 0.15) is 5.82 Å². The summed E-state index contributed by atoms with van der Waals surface area (Å²) in [6.45, 7) is 5.77. The van der Waals surface area contributed by atoms with Crippen molar-refractivity contribution >= 4 is 0 Å². The van der Waals surface area contributed by atoms with E-state index in [4.69, 9.17) is 9.47 Å². The normalized spacial score (nSPS) is 8.71. The highest BCUT2D eigenvalue weighted by Gasteiger charge is 2.08. The molecule has 0 bridgehead atoms. The van der Waals surface area contributed by atoms with Crippen molar-refractivity contribution in [2.75, 3.05) is 14.2 Å². The predicted octanol–water partition coefficient (Wildman–Crippen LogP) is 3.18. The summed E-state index contributed by atoms with van der Waals surface area (Å²) in [5.41, 5.74) is 0.731. The van der Waals surface area contributed by atoms with Crippen molar-refractivity contribution in [2.24, 2.45) is 0 Å². The summed E-state index contributed by atoms with van der Waals surface area (Å²) in [5, 5.41) is 0. The number of benzene rings is 1. The van der Waals surface area contributed by atoms with E-state index in [9.17, 15) is 4.39 Å². The molecule has 14 heavy (non-hydrogen) atoms. The average molecular weight is 200 g/mol. The minimum absolute atomic E-state index is 0.315. The number of methoxy groups -OCH3 is 2. The standard InChI is InChI=1S/C9H11FO2.C2H6/c1-6-4-7(10)5-8(11-2)9(6)12-3;1-2/h4-5H,1-3H3;1-2H3. The van der Waals surface area contributed by atoms with Gasteiger partial charge in [0.2, 0.25) is 0 Å². The van der Waals surface area contributed by atoms with Crippen LogP contribution in [0.3, 0.4) is 0 Å². The zero-order valence-electron chi connectivity index (χ0n) is 9.35. The molecule has 0 fully saturated rings. The Hall–Kier alpha value is -1.25. The molecule has 0 aromatic heterocycles. The molecule has 0 aliphatic rings. The summed E-state index contributed by atoms with van der Waals surface area (Å²) in [7, 11) is 3.01. The predicted molar refractivity (Wildman–Crippen MR) is 55.6 cm³/mol. The van der Waals surface area contributed by atoms with Gasteiger partial charge in [-0.2, -0.15) is 0 Å². The smallest absolute Gasteiger partial charge is 0.163 e. The van der Waals surface area contributed by atoms with E-state index in [1.54, 1.807) is 6.92 Å². The monoisotopic (exact) mass is 200 g/mol. The van der Waals surface area contributed by atoms with Crippen molar-refractivity contribution < 1.29 is 13.9 Å². The maximum Gasteiger partial charge on any atom is 0.163 e. The molecular weight excluding hydrogens is 183 g/mol. The van der Waals surface area contributed by atoms with Gasteiger partial charge in [-0.15, -0.1) is 0 Å². The van der Waals surface area contributed by atoms with E-state index in [-0.39, 0.29) is 5.82 Å². The molecule has 0 saturated carbocycles. The minimum Gasteiger partial charge on any atom is -0.493 e. The molecule has 0 spiro atoms. The van der Waals surface area contributed by atoms with E-state index in [1.165, 1.54) is 26.4 Å². The third-order valence-electron chi connectivity index (χ3n) is 1.63. The van der Waals surface area contributed by atoms with Crippen molar-refractivity contribution in [3.63, 3.8) is 0 Å². The summed E-state index contributed by atoms with van der Waals surface area (Å²) in [6.07, 6.45) is 0. The first-order valence-electron chi connectivity index (χ1n) is 4.57. The maximum absolute atomic E-state index is 12.8. The molecule has 0 heterocycles. The SMILES string of the molecule is CC.COc1cc(F)cc(C)c1OC. The summed E-state index contributed by atoms with van der Waals surface area (Å²) < 4.78 is 22.8. The molecule has 0 unspecified atom stereocenters. The van der Waals surface area contributed by atoms with Gasteiger partial charge < -0.3 is 9.47 Å². The van der Waals surface area contributed by atoms with E-state index in [1.807, 2.05) is 13.8 Å². The van der Waals surface area contributed by atoms with Crippen LogP contribution >= 0.6 is 0 Å². The zero-order chi connectivity index (χ0) is 11.1. The fourth-order valence-electron chi connectivity index (χ4n) is 1.11. The number of ether oxygens (including phenoxy) is 2. The van der Waals surface area contributed by atoms with E-state index in [2.05, 4.69) is 0 Å². The van der Waals surface area contributed by atoms with Crippen LogP contribution in [0.15, 0.2) is 12.1 Å². The van der Waals surface area contributed by atoms with E-state index in [0.29, 0.717) is 11.5 Å². The lowest BCUT2D eigenvalue weighted by atomic mass is 10.2. The molecule has 1 aromatic rings. The molecule has 0 aliphatic carbocycles. The lowest BCUT2D eigenvalue weighted by molar-refractivity contribution is 0.350. The van der Waals surface area contributed by atoms with E-state index in [0.717, 1.165) is 5.56 Å². The van der Waals surface area contributed by atoms with Gasteiger partial charge in [0, 0.05) is 6.07 Å². The summed E-state index contributed by atoms with van der Waals surface area (Å²) in [4.78, 5) is 0. The van der Waals surface area contributed by atoms with Crippen LogP contribution < -0.4 is 9.47 Å². The Labute approximate surface area is 84.7 Å². The molecule has 0 aliphatic heterocycles. The van der Waals surface area contributed by atoms with Crippen LogP contribution in [-0.2, 0) is 0 Å². The molecule has 2 nitrogen and oxygen atoms in total. The first kappa shape index (κ1) is 12.8. The summed E-state index contributed by atoms with van der Waals surface area (Å²) in [6, 6.07) is 2.70. The van der Waals surface area contributed by atoms with Gasteiger partial charge in [0.05, 0.1) is 14.2 Å². The molecule has 0 N–H and O–H groups in total. The highest BCUT2D eigenvalue weighted by Crippen LogP contribution is 2.31. The Morgan fingerprint density at radius 2 is 1.64 bits per heavy atom. The molecule has 1 rings (SSSR count). The Balaban J connectivity index is 0.000000791. The second-order valence-corrected chi connectivity index (χ2v) is 2.46. The molecular formula is C11H17FO2. The number of hydrogen-bond acceptors (Lipinski definition) is 2. The zero-order valence-corrected chi connectivity index (χ0v) is 9.35. The Bertz CT molecular complexity index is 285. The lowest BCUT2D eigenvalue weighted by Gasteiger charge is -2.09. The average Bonchev–Trinajstić information content (AvgIpc) is 2.19. The Kier molecular flexibility index (Phi) is 5.68. The van der Waals surface area contributed by atoms with Crippen molar-refractivity contribution in [1.29, 1.82) is 0 Å². The summed E-state index contributed by atoms with van der Waals surface area (Å²) in [5.74, 6) is 0.694. The second-order valence-electron chi connectivity index (χ2n) is 2.46. The van der Waals surface area contributed by atoms with Crippen molar-refractivity contribution in [1.82, 2.24) is 0 Å². The Morgan fingerprint density at radius 1 is 1.07 bits per heavy atom. The van der Waals surface area contributed by atoms with Crippen molar-refractivity contribution in [2.45, 2.75) is 20.8 Å². The van der Waals surface area contributed by atoms with Gasteiger partial charge in [0.15, 0.2) is 11.5 Å². The third-order valence-corrected chi connectivity index (χ3v) is 1.63. The topological polar surface area (TPSA) is 18.5 Å². The van der Waals surface area contributed by atoms with Crippen molar-refractivity contribution in [3.05, 3.63) is 23.5 Å². The van der Waals surface area contributed by atoms with E-state index < -0.39 is 0 Å². The Morgan fingerprint density at radius 3 is 2.07 bits per heavy atom.